The Bertz CT molecular complexity index is 397. The van der Waals surface area contributed by atoms with Crippen molar-refractivity contribution < 1.29 is 9.84 Å². The molecule has 1 saturated carbocycles. The molecule has 1 aliphatic carbocycles. The second kappa shape index (κ2) is 6.41. The highest BCUT2D eigenvalue weighted by molar-refractivity contribution is 6.31. The Hall–Kier alpha value is -0.770. The molecular weight excluding hydrogens is 250 g/mol. The monoisotopic (exact) mass is 269 g/mol. The lowest BCUT2D eigenvalue weighted by Gasteiger charge is -2.28. The van der Waals surface area contributed by atoms with E-state index in [4.69, 9.17) is 16.3 Å². The number of hydrogen-bond donors (Lipinski definition) is 2. The van der Waals surface area contributed by atoms with E-state index in [1.54, 1.807) is 7.11 Å². The largest absolute Gasteiger partial charge is 0.496 e. The first-order valence-electron chi connectivity index (χ1n) is 6.45. The fourth-order valence-corrected chi connectivity index (χ4v) is 2.72. The number of nitrogens with one attached hydrogen (secondary N) is 1. The molecule has 1 aromatic carbocycles. The summed E-state index contributed by atoms with van der Waals surface area (Å²) in [5, 5.41) is 14.0. The first kappa shape index (κ1) is 13.7. The van der Waals surface area contributed by atoms with Crippen molar-refractivity contribution in [1.29, 1.82) is 0 Å². The molecule has 0 radical (unpaired) electrons. The highest BCUT2D eigenvalue weighted by atomic mass is 35.5. The summed E-state index contributed by atoms with van der Waals surface area (Å²) < 4.78 is 5.31. The Labute approximate surface area is 113 Å². The Balaban J connectivity index is 2.01. The molecule has 1 aliphatic rings. The van der Waals surface area contributed by atoms with Gasteiger partial charge in [-0.15, -0.1) is 0 Å². The van der Waals surface area contributed by atoms with E-state index < -0.39 is 0 Å². The van der Waals surface area contributed by atoms with Crippen molar-refractivity contribution >= 4 is 11.6 Å². The van der Waals surface area contributed by atoms with Crippen LogP contribution < -0.4 is 10.1 Å². The second-order valence-corrected chi connectivity index (χ2v) is 5.17. The fraction of sp³-hybridized carbons (Fsp3) is 0.571. The SMILES string of the molecule is COc1cccc(Cl)c1CN[C@@H]1CCCC[C@H]1O. The number of hydrogen-bond acceptors (Lipinski definition) is 3. The first-order valence-corrected chi connectivity index (χ1v) is 6.83. The summed E-state index contributed by atoms with van der Waals surface area (Å²) in [6, 6.07) is 5.80. The third-order valence-corrected chi connectivity index (χ3v) is 3.92. The van der Waals surface area contributed by atoms with Gasteiger partial charge in [0.2, 0.25) is 0 Å². The summed E-state index contributed by atoms with van der Waals surface area (Å²) in [5.41, 5.74) is 0.958. The molecule has 18 heavy (non-hydrogen) atoms. The van der Waals surface area contributed by atoms with Gasteiger partial charge in [0.25, 0.3) is 0 Å². The van der Waals surface area contributed by atoms with Gasteiger partial charge < -0.3 is 15.2 Å². The smallest absolute Gasteiger partial charge is 0.124 e. The van der Waals surface area contributed by atoms with Gasteiger partial charge in [0.15, 0.2) is 0 Å². The molecular formula is C14H20ClNO2. The molecule has 0 unspecified atom stereocenters. The van der Waals surface area contributed by atoms with E-state index in [-0.39, 0.29) is 12.1 Å². The Morgan fingerprint density at radius 3 is 2.89 bits per heavy atom. The fourth-order valence-electron chi connectivity index (χ4n) is 2.48. The maximum Gasteiger partial charge on any atom is 0.124 e. The van der Waals surface area contributed by atoms with Gasteiger partial charge in [0, 0.05) is 23.2 Å². The van der Waals surface area contributed by atoms with Crippen LogP contribution in [0.1, 0.15) is 31.2 Å². The van der Waals surface area contributed by atoms with Crippen LogP contribution in [0.3, 0.4) is 0 Å². The van der Waals surface area contributed by atoms with Gasteiger partial charge in [0.1, 0.15) is 5.75 Å². The standard InChI is InChI=1S/C14H20ClNO2/c1-18-14-8-4-5-11(15)10(14)9-16-12-6-2-3-7-13(12)17/h4-5,8,12-13,16-17H,2-3,6-7,9H2,1H3/t12-,13-/m1/s1. The summed E-state index contributed by atoms with van der Waals surface area (Å²) >= 11 is 6.18. The zero-order chi connectivity index (χ0) is 13.0. The predicted molar refractivity (Wildman–Crippen MR) is 73.1 cm³/mol. The summed E-state index contributed by atoms with van der Waals surface area (Å²) in [7, 11) is 1.64. The molecule has 0 amide bonds. The number of aliphatic hydroxyl groups is 1. The van der Waals surface area contributed by atoms with Crippen LogP contribution in [0.25, 0.3) is 0 Å². The third kappa shape index (κ3) is 3.16. The minimum absolute atomic E-state index is 0.166. The molecule has 2 rings (SSSR count). The van der Waals surface area contributed by atoms with E-state index in [1.165, 1.54) is 6.42 Å². The van der Waals surface area contributed by atoms with E-state index in [0.717, 1.165) is 30.6 Å². The second-order valence-electron chi connectivity index (χ2n) is 4.76. The van der Waals surface area contributed by atoms with Gasteiger partial charge in [-0.05, 0) is 25.0 Å². The van der Waals surface area contributed by atoms with Crippen LogP contribution in [0.5, 0.6) is 5.75 Å². The van der Waals surface area contributed by atoms with E-state index >= 15 is 0 Å². The maximum absolute atomic E-state index is 9.92. The van der Waals surface area contributed by atoms with Gasteiger partial charge in [-0.1, -0.05) is 30.5 Å². The van der Waals surface area contributed by atoms with Crippen LogP contribution in [-0.2, 0) is 6.54 Å². The van der Waals surface area contributed by atoms with Gasteiger partial charge in [-0.25, -0.2) is 0 Å². The molecule has 1 fully saturated rings. The lowest BCUT2D eigenvalue weighted by atomic mass is 9.92. The van der Waals surface area contributed by atoms with Crippen molar-refractivity contribution in [1.82, 2.24) is 5.32 Å². The molecule has 0 spiro atoms. The van der Waals surface area contributed by atoms with Gasteiger partial charge >= 0.3 is 0 Å². The Morgan fingerprint density at radius 1 is 1.39 bits per heavy atom. The molecule has 100 valence electrons. The molecule has 0 aliphatic heterocycles. The molecule has 3 nitrogen and oxygen atoms in total. The third-order valence-electron chi connectivity index (χ3n) is 3.57. The number of benzene rings is 1. The lowest BCUT2D eigenvalue weighted by molar-refractivity contribution is 0.0901. The van der Waals surface area contributed by atoms with Crippen molar-refractivity contribution in [2.45, 2.75) is 44.4 Å². The molecule has 0 saturated heterocycles. The topological polar surface area (TPSA) is 41.5 Å². The normalized spacial score (nSPS) is 23.9. The van der Waals surface area contributed by atoms with Crippen molar-refractivity contribution in [2.75, 3.05) is 7.11 Å². The number of aliphatic hydroxyl groups excluding tert-OH is 1. The highest BCUT2D eigenvalue weighted by Gasteiger charge is 2.22. The molecule has 0 heterocycles. The Kier molecular flexibility index (Phi) is 4.87. The van der Waals surface area contributed by atoms with E-state index in [9.17, 15) is 5.11 Å². The molecule has 0 bridgehead atoms. The van der Waals surface area contributed by atoms with Crippen molar-refractivity contribution in [3.63, 3.8) is 0 Å². The van der Waals surface area contributed by atoms with Crippen molar-refractivity contribution in [3.8, 4) is 5.75 Å². The first-order chi connectivity index (χ1) is 8.72. The van der Waals surface area contributed by atoms with Gasteiger partial charge in [-0.2, -0.15) is 0 Å². The lowest BCUT2D eigenvalue weighted by Crippen LogP contribution is -2.41. The average Bonchev–Trinajstić information content (AvgIpc) is 2.39. The van der Waals surface area contributed by atoms with Gasteiger partial charge in [-0.3, -0.25) is 0 Å². The summed E-state index contributed by atoms with van der Waals surface area (Å²) in [4.78, 5) is 0. The van der Waals surface area contributed by atoms with E-state index in [1.807, 2.05) is 18.2 Å². The number of rotatable bonds is 4. The summed E-state index contributed by atoms with van der Waals surface area (Å²) in [5.74, 6) is 0.792. The maximum atomic E-state index is 9.92. The molecule has 0 aromatic heterocycles. The number of methoxy groups -OCH3 is 1. The highest BCUT2D eigenvalue weighted by Crippen LogP contribution is 2.27. The molecule has 2 N–H and O–H groups in total. The van der Waals surface area contributed by atoms with Crippen LogP contribution in [0.15, 0.2) is 18.2 Å². The minimum Gasteiger partial charge on any atom is -0.496 e. The molecule has 2 atom stereocenters. The molecule has 1 aromatic rings. The zero-order valence-corrected chi connectivity index (χ0v) is 11.4. The summed E-state index contributed by atoms with van der Waals surface area (Å²) in [6.45, 7) is 0.630. The minimum atomic E-state index is -0.243. The van der Waals surface area contributed by atoms with Crippen LogP contribution in [0, 0.1) is 0 Å². The summed E-state index contributed by atoms with van der Waals surface area (Å²) in [6.07, 6.45) is 3.96. The Morgan fingerprint density at radius 2 is 2.17 bits per heavy atom. The van der Waals surface area contributed by atoms with Crippen LogP contribution in [-0.4, -0.2) is 24.4 Å². The number of ether oxygens (including phenoxy) is 1. The van der Waals surface area contributed by atoms with Crippen LogP contribution >= 0.6 is 11.6 Å². The predicted octanol–water partition coefficient (Wildman–Crippen LogP) is 2.74. The quantitative estimate of drug-likeness (QED) is 0.883. The average molecular weight is 270 g/mol. The number of halogens is 1. The van der Waals surface area contributed by atoms with Crippen molar-refractivity contribution in [2.24, 2.45) is 0 Å². The van der Waals surface area contributed by atoms with Crippen molar-refractivity contribution in [3.05, 3.63) is 28.8 Å². The zero-order valence-electron chi connectivity index (χ0n) is 10.7. The van der Waals surface area contributed by atoms with Gasteiger partial charge in [0.05, 0.1) is 13.2 Å². The van der Waals surface area contributed by atoms with Crippen LogP contribution in [0.4, 0.5) is 0 Å². The molecule has 4 heteroatoms. The van der Waals surface area contributed by atoms with E-state index in [2.05, 4.69) is 5.32 Å². The van der Waals surface area contributed by atoms with Crippen LogP contribution in [0.2, 0.25) is 5.02 Å². The van der Waals surface area contributed by atoms with E-state index in [0.29, 0.717) is 11.6 Å².